The van der Waals surface area contributed by atoms with E-state index in [1.54, 1.807) is 6.92 Å². The SMILES string of the molecule is CC1(C)O[C@@H]2[C@H]3OCC[C@]2(O1)[C@H](CO)[C@@]3(C)O. The zero-order valence-electron chi connectivity index (χ0n) is 10.5. The van der Waals surface area contributed by atoms with Gasteiger partial charge in [-0.2, -0.15) is 0 Å². The summed E-state index contributed by atoms with van der Waals surface area (Å²) in [6.07, 6.45) is -0.0625. The van der Waals surface area contributed by atoms with Crippen LogP contribution < -0.4 is 0 Å². The summed E-state index contributed by atoms with van der Waals surface area (Å²) < 4.78 is 17.6. The van der Waals surface area contributed by atoms with Crippen molar-refractivity contribution in [3.63, 3.8) is 0 Å². The van der Waals surface area contributed by atoms with Crippen LogP contribution in [0.1, 0.15) is 27.2 Å². The molecule has 3 aliphatic rings. The highest BCUT2D eigenvalue weighted by molar-refractivity contribution is 5.21. The van der Waals surface area contributed by atoms with Crippen molar-refractivity contribution in [2.24, 2.45) is 5.92 Å². The normalized spacial score (nSPS) is 55.9. The summed E-state index contributed by atoms with van der Waals surface area (Å²) in [6, 6.07) is 0. The lowest BCUT2D eigenvalue weighted by Crippen LogP contribution is -2.49. The average Bonchev–Trinajstić information content (AvgIpc) is 2.50. The molecule has 2 saturated heterocycles. The van der Waals surface area contributed by atoms with E-state index in [9.17, 15) is 10.2 Å². The second-order valence-corrected chi connectivity index (χ2v) is 6.00. The second-order valence-electron chi connectivity index (χ2n) is 6.00. The molecule has 17 heavy (non-hydrogen) atoms. The molecule has 1 saturated carbocycles. The molecule has 5 heteroatoms. The lowest BCUT2D eigenvalue weighted by Gasteiger charge is -2.36. The van der Waals surface area contributed by atoms with Crippen molar-refractivity contribution in [1.82, 2.24) is 0 Å². The van der Waals surface area contributed by atoms with E-state index < -0.39 is 23.1 Å². The molecular weight excluding hydrogens is 224 g/mol. The molecule has 5 atom stereocenters. The Morgan fingerprint density at radius 1 is 1.24 bits per heavy atom. The molecule has 0 amide bonds. The van der Waals surface area contributed by atoms with Crippen LogP contribution in [0, 0.1) is 5.92 Å². The number of aliphatic hydroxyl groups excluding tert-OH is 1. The van der Waals surface area contributed by atoms with Crippen molar-refractivity contribution in [1.29, 1.82) is 0 Å². The maximum Gasteiger partial charge on any atom is 0.164 e. The predicted octanol–water partition coefficient (Wildman–Crippen LogP) is 0.0387. The quantitative estimate of drug-likeness (QED) is 0.681. The van der Waals surface area contributed by atoms with E-state index in [-0.39, 0.29) is 18.6 Å². The van der Waals surface area contributed by atoms with Gasteiger partial charge in [0.1, 0.15) is 17.8 Å². The van der Waals surface area contributed by atoms with E-state index in [1.807, 2.05) is 13.8 Å². The second kappa shape index (κ2) is 3.22. The number of hydrogen-bond acceptors (Lipinski definition) is 5. The summed E-state index contributed by atoms with van der Waals surface area (Å²) in [7, 11) is 0. The first kappa shape index (κ1) is 11.9. The Kier molecular flexibility index (Phi) is 2.25. The van der Waals surface area contributed by atoms with Gasteiger partial charge in [0.15, 0.2) is 5.79 Å². The van der Waals surface area contributed by atoms with Gasteiger partial charge in [-0.05, 0) is 20.8 Å². The minimum atomic E-state index is -1.10. The molecule has 98 valence electrons. The largest absolute Gasteiger partial charge is 0.396 e. The first-order valence-corrected chi connectivity index (χ1v) is 6.16. The van der Waals surface area contributed by atoms with Crippen LogP contribution in [0.4, 0.5) is 0 Å². The standard InChI is InChI=1S/C12H20O5/c1-10(2)16-9-8-11(3,14)7(6-13)12(9,17-10)4-5-15-8/h7-9,13-14H,4-6H2,1-3H3/t7-,8-,9-,11-,12+/m1/s1. The van der Waals surface area contributed by atoms with E-state index in [0.717, 1.165) is 0 Å². The molecular formula is C12H20O5. The van der Waals surface area contributed by atoms with Gasteiger partial charge in [0.25, 0.3) is 0 Å². The van der Waals surface area contributed by atoms with Gasteiger partial charge in [-0.25, -0.2) is 0 Å². The maximum atomic E-state index is 10.6. The van der Waals surface area contributed by atoms with Crippen LogP contribution in [0.5, 0.6) is 0 Å². The Morgan fingerprint density at radius 3 is 2.59 bits per heavy atom. The number of rotatable bonds is 1. The van der Waals surface area contributed by atoms with Crippen molar-refractivity contribution in [2.75, 3.05) is 13.2 Å². The molecule has 0 aromatic rings. The van der Waals surface area contributed by atoms with Crippen LogP contribution in [0.15, 0.2) is 0 Å². The van der Waals surface area contributed by atoms with E-state index >= 15 is 0 Å². The molecule has 0 aromatic carbocycles. The first-order chi connectivity index (χ1) is 7.83. The fourth-order valence-corrected chi connectivity index (χ4v) is 3.84. The average molecular weight is 244 g/mol. The molecule has 5 nitrogen and oxygen atoms in total. The molecule has 0 aromatic heterocycles. The van der Waals surface area contributed by atoms with Gasteiger partial charge in [0, 0.05) is 12.3 Å². The highest BCUT2D eigenvalue weighted by Crippen LogP contribution is 2.58. The molecule has 0 radical (unpaired) electrons. The number of aliphatic hydroxyl groups is 2. The maximum absolute atomic E-state index is 10.6. The molecule has 3 rings (SSSR count). The van der Waals surface area contributed by atoms with Gasteiger partial charge < -0.3 is 24.4 Å². The number of hydrogen-bond donors (Lipinski definition) is 2. The lowest BCUT2D eigenvalue weighted by molar-refractivity contribution is -0.209. The molecule has 2 bridgehead atoms. The van der Waals surface area contributed by atoms with Crippen LogP contribution in [-0.2, 0) is 14.2 Å². The van der Waals surface area contributed by atoms with Gasteiger partial charge in [0.05, 0.1) is 18.8 Å². The van der Waals surface area contributed by atoms with Gasteiger partial charge in [0.2, 0.25) is 0 Å². The highest BCUT2D eigenvalue weighted by atomic mass is 16.8. The van der Waals surface area contributed by atoms with Crippen molar-refractivity contribution in [3.8, 4) is 0 Å². The third-order valence-corrected chi connectivity index (χ3v) is 4.45. The van der Waals surface area contributed by atoms with Crippen molar-refractivity contribution in [3.05, 3.63) is 0 Å². The summed E-state index contributed by atoms with van der Waals surface area (Å²) in [4.78, 5) is 0. The van der Waals surface area contributed by atoms with Crippen LogP contribution in [0.25, 0.3) is 0 Å². The first-order valence-electron chi connectivity index (χ1n) is 6.16. The molecule has 3 fully saturated rings. The minimum absolute atomic E-state index is 0.122. The summed E-state index contributed by atoms with van der Waals surface area (Å²) in [6.45, 7) is 5.83. The fraction of sp³-hybridized carbons (Fsp3) is 1.00. The van der Waals surface area contributed by atoms with Crippen molar-refractivity contribution >= 4 is 0 Å². The monoisotopic (exact) mass is 244 g/mol. The van der Waals surface area contributed by atoms with Gasteiger partial charge >= 0.3 is 0 Å². The third-order valence-electron chi connectivity index (χ3n) is 4.45. The summed E-state index contributed by atoms with van der Waals surface area (Å²) in [5.41, 5.74) is -1.71. The van der Waals surface area contributed by atoms with E-state index in [4.69, 9.17) is 14.2 Å². The molecule has 0 spiro atoms. The van der Waals surface area contributed by atoms with E-state index in [0.29, 0.717) is 13.0 Å². The minimum Gasteiger partial charge on any atom is -0.396 e. The Labute approximate surface area is 101 Å². The number of ether oxygens (including phenoxy) is 3. The molecule has 0 unspecified atom stereocenters. The molecule has 2 aliphatic heterocycles. The fourth-order valence-electron chi connectivity index (χ4n) is 3.84. The Balaban J connectivity index is 2.07. The molecule has 2 N–H and O–H groups in total. The van der Waals surface area contributed by atoms with Crippen molar-refractivity contribution < 1.29 is 24.4 Å². The third kappa shape index (κ3) is 1.32. The Hall–Kier alpha value is -0.200. The van der Waals surface area contributed by atoms with Gasteiger partial charge in [-0.1, -0.05) is 0 Å². The Morgan fingerprint density at radius 2 is 1.94 bits per heavy atom. The smallest absolute Gasteiger partial charge is 0.164 e. The zero-order chi connectivity index (χ0) is 12.5. The van der Waals surface area contributed by atoms with Gasteiger partial charge in [-0.15, -0.1) is 0 Å². The summed E-state index contributed by atoms with van der Waals surface area (Å²) in [5, 5.41) is 20.2. The topological polar surface area (TPSA) is 68.2 Å². The summed E-state index contributed by atoms with van der Waals surface area (Å²) in [5.74, 6) is -1.05. The van der Waals surface area contributed by atoms with E-state index in [1.165, 1.54) is 0 Å². The van der Waals surface area contributed by atoms with Crippen molar-refractivity contribution in [2.45, 2.75) is 56.4 Å². The van der Waals surface area contributed by atoms with Gasteiger partial charge in [-0.3, -0.25) is 0 Å². The molecule has 1 aliphatic carbocycles. The van der Waals surface area contributed by atoms with Crippen LogP contribution in [0.2, 0.25) is 0 Å². The van der Waals surface area contributed by atoms with Crippen LogP contribution >= 0.6 is 0 Å². The van der Waals surface area contributed by atoms with E-state index in [2.05, 4.69) is 0 Å². The van der Waals surface area contributed by atoms with Crippen LogP contribution in [-0.4, -0.2) is 52.6 Å². The predicted molar refractivity (Wildman–Crippen MR) is 58.3 cm³/mol. The summed E-state index contributed by atoms with van der Waals surface area (Å²) >= 11 is 0. The highest BCUT2D eigenvalue weighted by Gasteiger charge is 2.74. The Bertz CT molecular complexity index is 340. The lowest BCUT2D eigenvalue weighted by atomic mass is 9.82. The zero-order valence-corrected chi connectivity index (χ0v) is 10.5. The van der Waals surface area contributed by atoms with Crippen LogP contribution in [0.3, 0.4) is 0 Å². The molecule has 2 heterocycles.